The molecule has 0 heterocycles. The lowest BCUT2D eigenvalue weighted by atomic mass is 9.99. The molecule has 4 nitrogen and oxygen atoms in total. The number of carbonyl (C=O) groups is 1. The van der Waals surface area contributed by atoms with Crippen molar-refractivity contribution in [1.82, 2.24) is 10.6 Å². The molecular weight excluding hydrogens is 360 g/mol. The maximum atomic E-state index is 12.2. The average molecular weight is 407 g/mol. The summed E-state index contributed by atoms with van der Waals surface area (Å²) in [6.07, 6.45) is 23.1. The highest BCUT2D eigenvalue weighted by molar-refractivity contribution is 5.77. The molecule has 0 spiro atoms. The molecule has 0 aliphatic heterocycles. The highest BCUT2D eigenvalue weighted by atomic mass is 16.5. The summed E-state index contributed by atoms with van der Waals surface area (Å²) in [5.74, 6) is 0.0114. The normalized spacial score (nSPS) is 21.4. The second kappa shape index (κ2) is 15.8. The Kier molecular flexibility index (Phi) is 13.2. The lowest BCUT2D eigenvalue weighted by Crippen LogP contribution is -2.33. The summed E-state index contributed by atoms with van der Waals surface area (Å²) in [4.78, 5) is 12.2. The molecule has 4 heteroatoms. The third-order valence-electron chi connectivity index (χ3n) is 6.51. The van der Waals surface area contributed by atoms with E-state index in [0.29, 0.717) is 12.6 Å². The van der Waals surface area contributed by atoms with E-state index >= 15 is 0 Å². The third kappa shape index (κ3) is 12.3. The lowest BCUT2D eigenvalue weighted by Gasteiger charge is -2.21. The first kappa shape index (κ1) is 24.2. The van der Waals surface area contributed by atoms with Gasteiger partial charge in [0.2, 0.25) is 5.91 Å². The van der Waals surface area contributed by atoms with Crippen molar-refractivity contribution in [3.8, 4) is 0 Å². The van der Waals surface area contributed by atoms with Crippen LogP contribution in [0.15, 0.2) is 12.3 Å². The predicted molar refractivity (Wildman–Crippen MR) is 122 cm³/mol. The molecule has 0 unspecified atom stereocenters. The van der Waals surface area contributed by atoms with Crippen molar-refractivity contribution < 1.29 is 9.53 Å². The van der Waals surface area contributed by atoms with Crippen LogP contribution in [-0.4, -0.2) is 31.2 Å². The fourth-order valence-electron chi connectivity index (χ4n) is 4.67. The van der Waals surface area contributed by atoms with Crippen LogP contribution in [0, 0.1) is 0 Å². The van der Waals surface area contributed by atoms with Crippen molar-refractivity contribution >= 4 is 5.91 Å². The molecule has 2 aliphatic carbocycles. The summed E-state index contributed by atoms with van der Waals surface area (Å²) in [7, 11) is 0. The highest BCUT2D eigenvalue weighted by Gasteiger charge is 2.13. The minimum atomic E-state index is 0.0114. The van der Waals surface area contributed by atoms with Gasteiger partial charge in [-0.1, -0.05) is 90.0 Å². The van der Waals surface area contributed by atoms with E-state index in [4.69, 9.17) is 4.74 Å². The van der Waals surface area contributed by atoms with Crippen molar-refractivity contribution in [1.29, 1.82) is 0 Å². The Morgan fingerprint density at radius 3 is 1.79 bits per heavy atom. The Morgan fingerprint density at radius 1 is 0.759 bits per heavy atom. The van der Waals surface area contributed by atoms with Crippen LogP contribution < -0.4 is 10.6 Å². The standard InChI is InChI=1S/C25H46N2O2/c1-22(27-23-15-11-7-5-6-8-12-16-23)19-20-26-25(28)21-29-24-17-13-9-3-2-4-10-14-18-24/h23-24,27H,1-21H2,(H,26,28). The Morgan fingerprint density at radius 2 is 1.24 bits per heavy atom. The second-order valence-corrected chi connectivity index (χ2v) is 9.23. The lowest BCUT2D eigenvalue weighted by molar-refractivity contribution is -0.128. The summed E-state index contributed by atoms with van der Waals surface area (Å²) in [5, 5.41) is 6.63. The van der Waals surface area contributed by atoms with Gasteiger partial charge in [0.15, 0.2) is 0 Å². The minimum Gasteiger partial charge on any atom is -0.386 e. The molecule has 1 amide bonds. The van der Waals surface area contributed by atoms with Gasteiger partial charge in [-0.2, -0.15) is 0 Å². The van der Waals surface area contributed by atoms with Crippen molar-refractivity contribution in [3.05, 3.63) is 12.3 Å². The molecule has 2 saturated carbocycles. The zero-order valence-corrected chi connectivity index (χ0v) is 18.8. The molecule has 0 bridgehead atoms. The van der Waals surface area contributed by atoms with Crippen LogP contribution in [0.3, 0.4) is 0 Å². The summed E-state index contributed by atoms with van der Waals surface area (Å²) in [6, 6.07) is 0.562. The molecule has 168 valence electrons. The van der Waals surface area contributed by atoms with Gasteiger partial charge in [-0.25, -0.2) is 0 Å². The number of hydrogen-bond acceptors (Lipinski definition) is 3. The van der Waals surface area contributed by atoms with Crippen molar-refractivity contribution in [2.45, 2.75) is 128 Å². The van der Waals surface area contributed by atoms with E-state index in [9.17, 15) is 4.79 Å². The van der Waals surface area contributed by atoms with Gasteiger partial charge in [0.25, 0.3) is 0 Å². The van der Waals surface area contributed by atoms with Gasteiger partial charge in [-0.05, 0) is 25.7 Å². The van der Waals surface area contributed by atoms with Gasteiger partial charge in [0.05, 0.1) is 6.10 Å². The van der Waals surface area contributed by atoms with Crippen LogP contribution in [0.2, 0.25) is 0 Å². The maximum absolute atomic E-state index is 12.2. The molecule has 0 aromatic heterocycles. The molecular formula is C25H46N2O2. The van der Waals surface area contributed by atoms with E-state index < -0.39 is 0 Å². The summed E-state index contributed by atoms with van der Waals surface area (Å²) < 4.78 is 5.94. The number of carbonyl (C=O) groups excluding carboxylic acids is 1. The van der Waals surface area contributed by atoms with Crippen LogP contribution in [-0.2, 0) is 9.53 Å². The average Bonchev–Trinajstić information content (AvgIpc) is 2.85. The summed E-state index contributed by atoms with van der Waals surface area (Å²) >= 11 is 0. The molecule has 0 saturated heterocycles. The first-order valence-corrected chi connectivity index (χ1v) is 12.6. The molecule has 29 heavy (non-hydrogen) atoms. The number of nitrogens with one attached hydrogen (secondary N) is 2. The van der Waals surface area contributed by atoms with Crippen molar-refractivity contribution in [3.63, 3.8) is 0 Å². The molecule has 2 aliphatic rings. The number of amides is 1. The quantitative estimate of drug-likeness (QED) is 0.519. The first-order valence-electron chi connectivity index (χ1n) is 12.6. The van der Waals surface area contributed by atoms with Crippen LogP contribution in [0.25, 0.3) is 0 Å². The largest absolute Gasteiger partial charge is 0.386 e. The van der Waals surface area contributed by atoms with E-state index in [0.717, 1.165) is 25.0 Å². The Bertz CT molecular complexity index is 432. The van der Waals surface area contributed by atoms with Gasteiger partial charge >= 0.3 is 0 Å². The third-order valence-corrected chi connectivity index (χ3v) is 6.51. The van der Waals surface area contributed by atoms with Gasteiger partial charge < -0.3 is 15.4 Å². The highest BCUT2D eigenvalue weighted by Crippen LogP contribution is 2.19. The van der Waals surface area contributed by atoms with Crippen LogP contribution in [0.1, 0.15) is 116 Å². The molecule has 2 N–H and O–H groups in total. The molecule has 0 aromatic rings. The SMILES string of the molecule is C=C(CCNC(=O)COC1CCCCCCCCC1)NC1CCCCCCCC1. The first-order chi connectivity index (χ1) is 14.2. The minimum absolute atomic E-state index is 0.0114. The molecule has 0 aromatic carbocycles. The topological polar surface area (TPSA) is 50.4 Å². The second-order valence-electron chi connectivity index (χ2n) is 9.23. The fraction of sp³-hybridized carbons (Fsp3) is 0.880. The smallest absolute Gasteiger partial charge is 0.246 e. The van der Waals surface area contributed by atoms with Crippen LogP contribution in [0.5, 0.6) is 0 Å². The summed E-state index contributed by atoms with van der Waals surface area (Å²) in [6.45, 7) is 5.03. The molecule has 2 fully saturated rings. The van der Waals surface area contributed by atoms with E-state index in [1.807, 2.05) is 0 Å². The zero-order chi connectivity index (χ0) is 20.6. The predicted octanol–water partition coefficient (Wildman–Crippen LogP) is 6.01. The van der Waals surface area contributed by atoms with E-state index in [2.05, 4.69) is 17.2 Å². The summed E-state index contributed by atoms with van der Waals surface area (Å²) in [5.41, 5.74) is 1.06. The Balaban J connectivity index is 1.56. The number of hydrogen-bond donors (Lipinski definition) is 2. The molecule has 0 radical (unpaired) electrons. The maximum Gasteiger partial charge on any atom is 0.246 e. The van der Waals surface area contributed by atoms with Gasteiger partial charge in [0.1, 0.15) is 6.61 Å². The zero-order valence-electron chi connectivity index (χ0n) is 18.8. The van der Waals surface area contributed by atoms with Crippen LogP contribution in [0.4, 0.5) is 0 Å². The molecule has 2 rings (SSSR count). The van der Waals surface area contributed by atoms with Crippen molar-refractivity contribution in [2.75, 3.05) is 13.2 Å². The van der Waals surface area contributed by atoms with Gasteiger partial charge in [-0.3, -0.25) is 4.79 Å². The molecule has 0 atom stereocenters. The van der Waals surface area contributed by atoms with Gasteiger partial charge in [0, 0.05) is 24.7 Å². The van der Waals surface area contributed by atoms with E-state index in [1.54, 1.807) is 0 Å². The van der Waals surface area contributed by atoms with E-state index in [1.165, 1.54) is 96.3 Å². The monoisotopic (exact) mass is 406 g/mol. The Labute approximate surface area is 179 Å². The van der Waals surface area contributed by atoms with E-state index in [-0.39, 0.29) is 18.6 Å². The number of ether oxygens (including phenoxy) is 1. The number of rotatable bonds is 8. The van der Waals surface area contributed by atoms with Crippen LogP contribution >= 0.6 is 0 Å². The van der Waals surface area contributed by atoms with Crippen molar-refractivity contribution in [2.24, 2.45) is 0 Å². The van der Waals surface area contributed by atoms with Gasteiger partial charge in [-0.15, -0.1) is 0 Å². The fourth-order valence-corrected chi connectivity index (χ4v) is 4.67. The Hall–Kier alpha value is -1.03.